The van der Waals surface area contributed by atoms with Crippen LogP contribution in [0.15, 0.2) is 65.1 Å². The van der Waals surface area contributed by atoms with Gasteiger partial charge in [-0.05, 0) is 54.3 Å². The zero-order valence-electron chi connectivity index (χ0n) is 18.5. The van der Waals surface area contributed by atoms with Crippen molar-refractivity contribution in [3.8, 4) is 0 Å². The van der Waals surface area contributed by atoms with Crippen LogP contribution in [0.1, 0.15) is 28.8 Å². The van der Waals surface area contributed by atoms with E-state index in [-0.39, 0.29) is 18.4 Å². The van der Waals surface area contributed by atoms with E-state index in [4.69, 9.17) is 11.6 Å². The summed E-state index contributed by atoms with van der Waals surface area (Å²) in [6.45, 7) is 0.999. The van der Waals surface area contributed by atoms with Gasteiger partial charge in [-0.3, -0.25) is 24.1 Å². The molecule has 0 atom stereocenters. The lowest BCUT2D eigenvalue weighted by Crippen LogP contribution is -2.40. The number of nitrogens with one attached hydrogen (secondary N) is 1. The lowest BCUT2D eigenvalue weighted by atomic mass is 10.0. The Labute approximate surface area is 207 Å². The Hall–Kier alpha value is -3.10. The average molecular weight is 498 g/mol. The molecule has 7 nitrogen and oxygen atoms in total. The van der Waals surface area contributed by atoms with Crippen LogP contribution in [0.2, 0.25) is 5.02 Å². The van der Waals surface area contributed by atoms with Gasteiger partial charge in [0.1, 0.15) is 6.54 Å². The number of benzene rings is 2. The van der Waals surface area contributed by atoms with Crippen LogP contribution >= 0.6 is 23.4 Å². The first-order valence-electron chi connectivity index (χ1n) is 11.0. The van der Waals surface area contributed by atoms with E-state index in [0.717, 1.165) is 27.8 Å². The van der Waals surface area contributed by atoms with E-state index in [2.05, 4.69) is 5.32 Å². The van der Waals surface area contributed by atoms with Crippen molar-refractivity contribution in [2.45, 2.75) is 19.3 Å². The molecule has 0 unspecified atom stereocenters. The quantitative estimate of drug-likeness (QED) is 0.612. The summed E-state index contributed by atoms with van der Waals surface area (Å²) in [6.07, 6.45) is 1.66. The number of amides is 4. The van der Waals surface area contributed by atoms with E-state index in [9.17, 15) is 19.2 Å². The van der Waals surface area contributed by atoms with Gasteiger partial charge in [-0.25, -0.2) is 0 Å². The van der Waals surface area contributed by atoms with Crippen LogP contribution in [-0.4, -0.2) is 58.9 Å². The number of halogens is 1. The molecule has 0 bridgehead atoms. The van der Waals surface area contributed by atoms with Crippen LogP contribution in [0.25, 0.3) is 0 Å². The van der Waals surface area contributed by atoms with Crippen molar-refractivity contribution in [1.82, 2.24) is 15.1 Å². The summed E-state index contributed by atoms with van der Waals surface area (Å²) in [5.41, 5.74) is 2.39. The summed E-state index contributed by atoms with van der Waals surface area (Å²) in [4.78, 5) is 53.5. The summed E-state index contributed by atoms with van der Waals surface area (Å²) in [7, 11) is 0. The number of carbonyl (C=O) groups excluding carboxylic acids is 4. The molecule has 4 rings (SSSR count). The molecule has 0 aromatic heterocycles. The second-order valence-corrected chi connectivity index (χ2v) is 9.42. The van der Waals surface area contributed by atoms with Crippen LogP contribution in [0.4, 0.5) is 4.79 Å². The number of hydrogen-bond acceptors (Lipinski definition) is 5. The average Bonchev–Trinajstić information content (AvgIpc) is 3.13. The number of imide groups is 1. The molecule has 0 saturated carbocycles. The molecule has 2 fully saturated rings. The fourth-order valence-corrected chi connectivity index (χ4v) is 5.15. The molecule has 2 aliphatic heterocycles. The van der Waals surface area contributed by atoms with Gasteiger partial charge in [0.2, 0.25) is 5.91 Å². The molecule has 9 heteroatoms. The van der Waals surface area contributed by atoms with Crippen molar-refractivity contribution in [2.24, 2.45) is 0 Å². The zero-order valence-corrected chi connectivity index (χ0v) is 20.0. The number of piperidine rings is 1. The van der Waals surface area contributed by atoms with Gasteiger partial charge < -0.3 is 10.2 Å². The fraction of sp³-hybridized carbons (Fsp3) is 0.280. The van der Waals surface area contributed by atoms with Crippen LogP contribution in [-0.2, 0) is 16.0 Å². The van der Waals surface area contributed by atoms with Crippen LogP contribution in [0, 0.1) is 0 Å². The van der Waals surface area contributed by atoms with Gasteiger partial charge in [0.15, 0.2) is 0 Å². The lowest BCUT2D eigenvalue weighted by molar-refractivity contribution is -0.129. The summed E-state index contributed by atoms with van der Waals surface area (Å²) in [5, 5.41) is 2.73. The summed E-state index contributed by atoms with van der Waals surface area (Å²) in [6, 6.07) is 16.6. The Kier molecular flexibility index (Phi) is 7.70. The first-order chi connectivity index (χ1) is 16.4. The highest BCUT2D eigenvalue weighted by molar-refractivity contribution is 8.18. The standard InChI is InChI=1S/C25H24ClN3O4S/c26-20-9-5-4-8-19(20)23(31)28-14-11-18(12-15-28)22-24(32)29(25(33)34-22)16-21(30)27-13-10-17-6-2-1-3-7-17/h1-9H,10-16H2,(H,27,30). The minimum Gasteiger partial charge on any atom is -0.354 e. The predicted molar refractivity (Wildman–Crippen MR) is 131 cm³/mol. The zero-order chi connectivity index (χ0) is 24.1. The third-order valence-electron chi connectivity index (χ3n) is 5.81. The van der Waals surface area contributed by atoms with E-state index >= 15 is 0 Å². The smallest absolute Gasteiger partial charge is 0.294 e. The van der Waals surface area contributed by atoms with Gasteiger partial charge in [-0.15, -0.1) is 0 Å². The third-order valence-corrected chi connectivity index (χ3v) is 7.20. The highest BCUT2D eigenvalue weighted by Crippen LogP contribution is 2.36. The van der Waals surface area contributed by atoms with Crippen molar-refractivity contribution in [3.05, 3.63) is 81.2 Å². The Bertz CT molecular complexity index is 1140. The number of carbonyl (C=O) groups is 4. The number of nitrogens with zero attached hydrogens (tertiary/aromatic N) is 2. The van der Waals surface area contributed by atoms with Crippen molar-refractivity contribution in [2.75, 3.05) is 26.2 Å². The van der Waals surface area contributed by atoms with Gasteiger partial charge in [-0.1, -0.05) is 54.1 Å². The molecule has 2 heterocycles. The second-order valence-electron chi connectivity index (χ2n) is 8.05. The maximum atomic E-state index is 12.9. The lowest BCUT2D eigenvalue weighted by Gasteiger charge is -2.29. The van der Waals surface area contributed by atoms with Gasteiger partial charge in [0.05, 0.1) is 15.5 Å². The molecular formula is C25H24ClN3O4S. The van der Waals surface area contributed by atoms with E-state index in [1.807, 2.05) is 30.3 Å². The molecule has 1 N–H and O–H groups in total. The van der Waals surface area contributed by atoms with E-state index in [0.29, 0.717) is 54.4 Å². The Balaban J connectivity index is 1.31. The minimum atomic E-state index is -0.444. The van der Waals surface area contributed by atoms with E-state index in [1.165, 1.54) is 0 Å². The molecule has 2 saturated heterocycles. The molecule has 0 spiro atoms. The first-order valence-corrected chi connectivity index (χ1v) is 12.2. The molecule has 2 aromatic rings. The number of thioether (sulfide) groups is 1. The first kappa shape index (κ1) is 24.0. The Morgan fingerprint density at radius 2 is 1.65 bits per heavy atom. The highest BCUT2D eigenvalue weighted by Gasteiger charge is 2.38. The SMILES string of the molecule is O=C(CN1C(=O)SC(=C2CCN(C(=O)c3ccccc3Cl)CC2)C1=O)NCCc1ccccc1. The Morgan fingerprint density at radius 3 is 2.35 bits per heavy atom. The summed E-state index contributed by atoms with van der Waals surface area (Å²) >= 11 is 7.02. The van der Waals surface area contributed by atoms with Crippen molar-refractivity contribution in [1.29, 1.82) is 0 Å². The minimum absolute atomic E-state index is 0.148. The van der Waals surface area contributed by atoms with Crippen molar-refractivity contribution >= 4 is 46.3 Å². The van der Waals surface area contributed by atoms with Crippen molar-refractivity contribution in [3.63, 3.8) is 0 Å². The van der Waals surface area contributed by atoms with Gasteiger partial charge in [0, 0.05) is 19.6 Å². The second kappa shape index (κ2) is 10.9. The molecule has 176 valence electrons. The van der Waals surface area contributed by atoms with E-state index in [1.54, 1.807) is 29.2 Å². The number of likely N-dealkylation sites (tertiary alicyclic amines) is 1. The maximum Gasteiger partial charge on any atom is 0.294 e. The van der Waals surface area contributed by atoms with Crippen molar-refractivity contribution < 1.29 is 19.2 Å². The monoisotopic (exact) mass is 497 g/mol. The molecule has 2 aliphatic rings. The molecular weight excluding hydrogens is 474 g/mol. The van der Waals surface area contributed by atoms with E-state index < -0.39 is 11.1 Å². The highest BCUT2D eigenvalue weighted by atomic mass is 35.5. The molecule has 4 amide bonds. The van der Waals surface area contributed by atoms with Gasteiger partial charge in [-0.2, -0.15) is 0 Å². The molecule has 0 aliphatic carbocycles. The maximum absolute atomic E-state index is 12.9. The summed E-state index contributed by atoms with van der Waals surface area (Å²) < 4.78 is 0. The van der Waals surface area contributed by atoms with Gasteiger partial charge >= 0.3 is 0 Å². The van der Waals surface area contributed by atoms with Crippen LogP contribution in [0.3, 0.4) is 0 Å². The fourth-order valence-electron chi connectivity index (χ4n) is 3.95. The predicted octanol–water partition coefficient (Wildman–Crippen LogP) is 3.88. The molecule has 34 heavy (non-hydrogen) atoms. The van der Waals surface area contributed by atoms with Gasteiger partial charge in [0.25, 0.3) is 17.1 Å². The largest absolute Gasteiger partial charge is 0.354 e. The molecule has 0 radical (unpaired) electrons. The normalized spacial score (nSPS) is 16.3. The van der Waals surface area contributed by atoms with Crippen LogP contribution < -0.4 is 5.32 Å². The van der Waals surface area contributed by atoms with Crippen LogP contribution in [0.5, 0.6) is 0 Å². The Morgan fingerprint density at radius 1 is 0.971 bits per heavy atom. The third kappa shape index (κ3) is 5.51. The number of rotatable bonds is 6. The molecule has 2 aromatic carbocycles. The number of hydrogen-bond donors (Lipinski definition) is 1. The topological polar surface area (TPSA) is 86.8 Å². The summed E-state index contributed by atoms with van der Waals surface area (Å²) in [5.74, 6) is -0.955.